The topological polar surface area (TPSA) is 70.0 Å². The Morgan fingerprint density at radius 2 is 1.78 bits per heavy atom. The van der Waals surface area contributed by atoms with E-state index in [1.807, 2.05) is 36.4 Å². The first-order valence-electron chi connectivity index (χ1n) is 8.96. The molecule has 1 aliphatic carbocycles. The van der Waals surface area contributed by atoms with E-state index in [-0.39, 0.29) is 11.0 Å². The van der Waals surface area contributed by atoms with Crippen molar-refractivity contribution in [3.63, 3.8) is 0 Å². The number of nitrogens with one attached hydrogen (secondary N) is 1. The van der Waals surface area contributed by atoms with Crippen LogP contribution in [-0.4, -0.2) is 25.8 Å². The minimum absolute atomic E-state index is 0.0159. The molecule has 1 aliphatic rings. The summed E-state index contributed by atoms with van der Waals surface area (Å²) in [4.78, 5) is 12.6. The van der Waals surface area contributed by atoms with E-state index < -0.39 is 13.0 Å². The molecule has 1 saturated carbocycles. The number of rotatable bonds is 6. The number of nitrogens with zero attached hydrogens (tertiary/aromatic N) is 1. The van der Waals surface area contributed by atoms with Gasteiger partial charge in [-0.2, -0.15) is 5.26 Å². The van der Waals surface area contributed by atoms with Crippen molar-refractivity contribution < 1.29 is 9.36 Å². The van der Waals surface area contributed by atoms with E-state index in [2.05, 4.69) is 17.4 Å². The lowest BCUT2D eigenvalue weighted by atomic mass is 9.96. The van der Waals surface area contributed by atoms with Crippen molar-refractivity contribution in [2.75, 3.05) is 19.9 Å². The highest BCUT2D eigenvalue weighted by molar-refractivity contribution is 7.70. The van der Waals surface area contributed by atoms with E-state index in [0.29, 0.717) is 17.4 Å². The molecule has 3 rings (SSSR count). The fourth-order valence-electron chi connectivity index (χ4n) is 3.26. The summed E-state index contributed by atoms with van der Waals surface area (Å²) >= 11 is 0. The predicted molar refractivity (Wildman–Crippen MR) is 109 cm³/mol. The molecule has 4 nitrogen and oxygen atoms in total. The summed E-state index contributed by atoms with van der Waals surface area (Å²) in [7, 11) is -2.51. The first-order valence-corrected chi connectivity index (χ1v) is 11.6. The van der Waals surface area contributed by atoms with Crippen molar-refractivity contribution in [1.29, 1.82) is 5.26 Å². The van der Waals surface area contributed by atoms with Crippen LogP contribution in [0.5, 0.6) is 0 Å². The van der Waals surface area contributed by atoms with Gasteiger partial charge in [0.05, 0.1) is 0 Å². The monoisotopic (exact) mass is 378 g/mol. The predicted octanol–water partition coefficient (Wildman–Crippen LogP) is 3.69. The van der Waals surface area contributed by atoms with Crippen LogP contribution in [0, 0.1) is 11.3 Å². The average Bonchev–Trinajstić information content (AvgIpc) is 3.46. The lowest BCUT2D eigenvalue weighted by Crippen LogP contribution is -2.33. The molecule has 1 amide bonds. The third kappa shape index (κ3) is 4.38. The Hall–Kier alpha value is -2.63. The first kappa shape index (κ1) is 19.1. The molecule has 0 spiro atoms. The Kier molecular flexibility index (Phi) is 5.35. The first-order chi connectivity index (χ1) is 12.9. The van der Waals surface area contributed by atoms with E-state index in [0.717, 1.165) is 12.8 Å². The zero-order chi connectivity index (χ0) is 19.5. The number of hydrogen-bond acceptors (Lipinski definition) is 3. The zero-order valence-corrected chi connectivity index (χ0v) is 16.5. The van der Waals surface area contributed by atoms with Crippen LogP contribution in [-0.2, 0) is 14.8 Å². The van der Waals surface area contributed by atoms with Gasteiger partial charge >= 0.3 is 0 Å². The van der Waals surface area contributed by atoms with Gasteiger partial charge in [-0.25, -0.2) is 0 Å². The van der Waals surface area contributed by atoms with Crippen LogP contribution in [0.1, 0.15) is 24.0 Å². The van der Waals surface area contributed by atoms with Crippen molar-refractivity contribution in [2.24, 2.45) is 0 Å². The van der Waals surface area contributed by atoms with Crippen molar-refractivity contribution in [1.82, 2.24) is 5.32 Å². The number of carbonyl (C=O) groups is 1. The Balaban J connectivity index is 1.77. The molecular formula is C22H23N2O2P. The fraction of sp³-hybridized carbons (Fsp3) is 0.273. The summed E-state index contributed by atoms with van der Waals surface area (Å²) < 4.78 is 12.5. The van der Waals surface area contributed by atoms with Crippen LogP contribution in [0.15, 0.2) is 60.2 Å². The molecule has 0 aromatic heterocycles. The summed E-state index contributed by atoms with van der Waals surface area (Å²) in [5, 5.41) is 13.1. The van der Waals surface area contributed by atoms with Gasteiger partial charge in [-0.3, -0.25) is 4.79 Å². The molecule has 0 heterocycles. The number of benzene rings is 2. The summed E-state index contributed by atoms with van der Waals surface area (Å²) in [5.41, 5.74) is 1.88. The van der Waals surface area contributed by atoms with Gasteiger partial charge in [-0.1, -0.05) is 54.6 Å². The molecule has 0 unspecified atom stereocenters. The molecule has 0 saturated heterocycles. The SMILES string of the molecule is CP(C)(=O)c1ccccc1/C=C(\C#N)C(=O)NCC1(c2ccccc2)CC1. The van der Waals surface area contributed by atoms with Crippen LogP contribution in [0.3, 0.4) is 0 Å². The quantitative estimate of drug-likeness (QED) is 0.473. The van der Waals surface area contributed by atoms with Gasteiger partial charge in [0.1, 0.15) is 18.8 Å². The molecule has 1 fully saturated rings. The average molecular weight is 378 g/mol. The molecule has 0 atom stereocenters. The van der Waals surface area contributed by atoms with E-state index >= 15 is 0 Å². The van der Waals surface area contributed by atoms with Crippen molar-refractivity contribution in [3.8, 4) is 6.07 Å². The minimum Gasteiger partial charge on any atom is -0.351 e. The lowest BCUT2D eigenvalue weighted by Gasteiger charge is -2.16. The molecule has 27 heavy (non-hydrogen) atoms. The van der Waals surface area contributed by atoms with E-state index in [1.165, 1.54) is 11.6 Å². The van der Waals surface area contributed by atoms with Crippen LogP contribution in [0.25, 0.3) is 6.08 Å². The molecule has 5 heteroatoms. The van der Waals surface area contributed by atoms with E-state index in [4.69, 9.17) is 0 Å². The number of hydrogen-bond donors (Lipinski definition) is 1. The summed E-state index contributed by atoms with van der Waals surface area (Å²) in [6, 6.07) is 19.3. The summed E-state index contributed by atoms with van der Waals surface area (Å²) in [5.74, 6) is -0.392. The Morgan fingerprint density at radius 1 is 1.15 bits per heavy atom. The van der Waals surface area contributed by atoms with E-state index in [1.54, 1.807) is 25.5 Å². The molecule has 0 radical (unpaired) electrons. The van der Waals surface area contributed by atoms with Gasteiger partial charge in [0.2, 0.25) is 0 Å². The maximum atomic E-state index is 12.6. The van der Waals surface area contributed by atoms with Gasteiger partial charge in [-0.05, 0) is 43.4 Å². The molecule has 0 aliphatic heterocycles. The zero-order valence-electron chi connectivity index (χ0n) is 15.6. The third-order valence-corrected chi connectivity index (χ3v) is 6.58. The van der Waals surface area contributed by atoms with E-state index in [9.17, 15) is 14.6 Å². The lowest BCUT2D eigenvalue weighted by molar-refractivity contribution is -0.117. The molecule has 0 bridgehead atoms. The van der Waals surface area contributed by atoms with Gasteiger partial charge < -0.3 is 9.88 Å². The summed E-state index contributed by atoms with van der Waals surface area (Å²) in [6.45, 7) is 3.88. The maximum absolute atomic E-state index is 12.6. The number of carbonyl (C=O) groups excluding carboxylic acids is 1. The highest BCUT2D eigenvalue weighted by atomic mass is 31.2. The number of amides is 1. The molecular weight excluding hydrogens is 355 g/mol. The molecule has 1 N–H and O–H groups in total. The van der Waals surface area contributed by atoms with Crippen molar-refractivity contribution in [2.45, 2.75) is 18.3 Å². The van der Waals surface area contributed by atoms with Crippen LogP contribution in [0.4, 0.5) is 0 Å². The second kappa shape index (κ2) is 7.55. The highest BCUT2D eigenvalue weighted by Gasteiger charge is 2.44. The summed E-state index contributed by atoms with van der Waals surface area (Å²) in [6.07, 6.45) is 3.59. The second-order valence-corrected chi connectivity index (χ2v) is 10.6. The minimum atomic E-state index is -2.51. The van der Waals surface area contributed by atoms with Crippen LogP contribution in [0.2, 0.25) is 0 Å². The van der Waals surface area contributed by atoms with Crippen LogP contribution < -0.4 is 10.6 Å². The standard InChI is InChI=1S/C22H23N2O2P/c1-27(2,26)20-11-7-6-8-17(20)14-18(15-23)21(25)24-16-22(12-13-22)19-9-4-3-5-10-19/h3-11,14H,12-13,16H2,1-2H3,(H,24,25)/b18-14+. The number of nitriles is 1. The fourth-order valence-corrected chi connectivity index (χ4v) is 4.46. The van der Waals surface area contributed by atoms with Crippen molar-refractivity contribution in [3.05, 3.63) is 71.3 Å². The molecule has 2 aromatic carbocycles. The van der Waals surface area contributed by atoms with Gasteiger partial charge in [-0.15, -0.1) is 0 Å². The van der Waals surface area contributed by atoms with Gasteiger partial charge in [0, 0.05) is 17.3 Å². The second-order valence-electron chi connectivity index (χ2n) is 7.41. The Labute approximate surface area is 160 Å². The molecule has 2 aromatic rings. The largest absolute Gasteiger partial charge is 0.351 e. The molecule has 138 valence electrons. The van der Waals surface area contributed by atoms with Gasteiger partial charge in [0.15, 0.2) is 0 Å². The third-order valence-electron chi connectivity index (χ3n) is 5.01. The van der Waals surface area contributed by atoms with Crippen LogP contribution >= 0.6 is 7.14 Å². The smallest absolute Gasteiger partial charge is 0.261 e. The Morgan fingerprint density at radius 3 is 2.37 bits per heavy atom. The highest BCUT2D eigenvalue weighted by Crippen LogP contribution is 2.47. The van der Waals surface area contributed by atoms with Gasteiger partial charge in [0.25, 0.3) is 5.91 Å². The normalized spacial score (nSPS) is 15.7. The van der Waals surface area contributed by atoms with Crippen molar-refractivity contribution >= 4 is 24.4 Å². The maximum Gasteiger partial charge on any atom is 0.261 e. The Bertz CT molecular complexity index is 963.